The number of imidazole rings is 1. The average molecular weight is 397 g/mol. The van der Waals surface area contributed by atoms with E-state index in [4.69, 9.17) is 4.42 Å². The van der Waals surface area contributed by atoms with Crippen LogP contribution in [0.1, 0.15) is 33.2 Å². The van der Waals surface area contributed by atoms with E-state index < -0.39 is 11.9 Å². The van der Waals surface area contributed by atoms with Gasteiger partial charge >= 0.3 is 0 Å². The molecular formula is C19H16FN5O2S. The van der Waals surface area contributed by atoms with Gasteiger partial charge < -0.3 is 14.3 Å². The fourth-order valence-electron chi connectivity index (χ4n) is 3.66. The molecule has 0 fully saturated rings. The highest BCUT2D eigenvalue weighted by atomic mass is 32.1. The number of rotatable bonds is 3. The topological polar surface area (TPSA) is 87.9 Å². The van der Waals surface area contributed by atoms with Crippen molar-refractivity contribution in [2.24, 2.45) is 0 Å². The van der Waals surface area contributed by atoms with Crippen LogP contribution in [0.15, 0.2) is 35.0 Å². The van der Waals surface area contributed by atoms with Crippen molar-refractivity contribution in [3.63, 3.8) is 0 Å². The average Bonchev–Trinajstić information content (AvgIpc) is 3.40. The van der Waals surface area contributed by atoms with E-state index in [1.807, 2.05) is 6.92 Å². The fourth-order valence-corrected chi connectivity index (χ4v) is 4.36. The molecule has 1 aromatic carbocycles. The molecule has 0 spiro atoms. The summed E-state index contributed by atoms with van der Waals surface area (Å²) in [7, 11) is 0. The predicted octanol–water partition coefficient (Wildman–Crippen LogP) is 3.17. The van der Waals surface area contributed by atoms with Crippen LogP contribution in [0.25, 0.3) is 11.0 Å². The molecule has 0 saturated heterocycles. The predicted molar refractivity (Wildman–Crippen MR) is 100 cm³/mol. The second kappa shape index (κ2) is 6.52. The van der Waals surface area contributed by atoms with Gasteiger partial charge in [0.25, 0.3) is 0 Å². The molecule has 1 amide bonds. The van der Waals surface area contributed by atoms with Crippen molar-refractivity contribution in [2.75, 3.05) is 6.54 Å². The van der Waals surface area contributed by atoms with Crippen LogP contribution in [-0.4, -0.2) is 37.5 Å². The lowest BCUT2D eigenvalue weighted by molar-refractivity contribution is -0.133. The number of fused-ring (bicyclic) bond motifs is 2. The van der Waals surface area contributed by atoms with E-state index in [-0.39, 0.29) is 18.1 Å². The van der Waals surface area contributed by atoms with Crippen molar-refractivity contribution in [2.45, 2.75) is 25.8 Å². The van der Waals surface area contributed by atoms with E-state index in [0.29, 0.717) is 34.6 Å². The van der Waals surface area contributed by atoms with Gasteiger partial charge in [0.15, 0.2) is 11.6 Å². The summed E-state index contributed by atoms with van der Waals surface area (Å²) in [4.78, 5) is 22.2. The van der Waals surface area contributed by atoms with Gasteiger partial charge in [-0.2, -0.15) is 0 Å². The highest BCUT2D eigenvalue weighted by Crippen LogP contribution is 2.38. The molecular weight excluding hydrogens is 381 g/mol. The monoisotopic (exact) mass is 397 g/mol. The van der Waals surface area contributed by atoms with E-state index in [9.17, 15) is 4.79 Å². The largest absolute Gasteiger partial charge is 0.455 e. The summed E-state index contributed by atoms with van der Waals surface area (Å²) >= 11 is 1.38. The first kappa shape index (κ1) is 17.1. The highest BCUT2D eigenvalue weighted by molar-refractivity contribution is 7.11. The summed E-state index contributed by atoms with van der Waals surface area (Å²) in [5.41, 5.74) is 1.96. The van der Waals surface area contributed by atoms with Gasteiger partial charge in [-0.15, -0.1) is 21.5 Å². The second-order valence-corrected chi connectivity index (χ2v) is 7.94. The number of hydrogen-bond acceptors (Lipinski definition) is 6. The second-order valence-electron chi connectivity index (χ2n) is 6.67. The van der Waals surface area contributed by atoms with Crippen LogP contribution >= 0.6 is 11.3 Å². The molecule has 4 aromatic rings. The molecule has 28 heavy (non-hydrogen) atoms. The molecule has 7 nitrogen and oxygen atoms in total. The highest BCUT2D eigenvalue weighted by Gasteiger charge is 2.38. The number of hydrogen-bond donors (Lipinski definition) is 1. The van der Waals surface area contributed by atoms with Gasteiger partial charge in [0, 0.05) is 18.7 Å². The molecule has 0 radical (unpaired) electrons. The number of furan rings is 1. The summed E-state index contributed by atoms with van der Waals surface area (Å²) in [6.45, 7) is 2.28. The van der Waals surface area contributed by atoms with Crippen LogP contribution in [0.5, 0.6) is 0 Å². The first-order valence-electron chi connectivity index (χ1n) is 8.89. The van der Waals surface area contributed by atoms with Gasteiger partial charge in [-0.05, 0) is 19.1 Å². The van der Waals surface area contributed by atoms with Gasteiger partial charge in [0.2, 0.25) is 5.91 Å². The fraction of sp³-hybridized carbons (Fsp3) is 0.263. The van der Waals surface area contributed by atoms with Gasteiger partial charge in [-0.1, -0.05) is 12.1 Å². The molecule has 1 atom stereocenters. The number of halogens is 1. The zero-order valence-corrected chi connectivity index (χ0v) is 15.8. The molecule has 0 aliphatic carbocycles. The Morgan fingerprint density at radius 2 is 2.25 bits per heavy atom. The zero-order chi connectivity index (χ0) is 19.3. The van der Waals surface area contributed by atoms with Crippen molar-refractivity contribution in [3.05, 3.63) is 63.6 Å². The molecule has 1 aliphatic heterocycles. The number of amides is 1. The lowest BCUT2D eigenvalue weighted by Crippen LogP contribution is -2.41. The van der Waals surface area contributed by atoms with Crippen LogP contribution in [0.2, 0.25) is 0 Å². The van der Waals surface area contributed by atoms with E-state index in [2.05, 4.69) is 20.2 Å². The lowest BCUT2D eigenvalue weighted by Gasteiger charge is -2.33. The third-order valence-corrected chi connectivity index (χ3v) is 5.76. The number of carbonyl (C=O) groups excluding carboxylic acids is 1. The minimum absolute atomic E-state index is 0.107. The maximum absolute atomic E-state index is 15.2. The van der Waals surface area contributed by atoms with Gasteiger partial charge in [0.1, 0.15) is 21.6 Å². The number of aryl methyl sites for hydroxylation is 1. The normalized spacial score (nSPS) is 16.5. The Labute approximate surface area is 163 Å². The van der Waals surface area contributed by atoms with Crippen molar-refractivity contribution in [3.8, 4) is 0 Å². The van der Waals surface area contributed by atoms with Crippen LogP contribution in [0, 0.1) is 12.7 Å². The van der Waals surface area contributed by atoms with Crippen molar-refractivity contribution in [1.82, 2.24) is 25.1 Å². The standard InChI is InChI=1S/C19H16FN5O2S/c1-10-23-24-14(28-10)8-15(26)25-7-6-12-17(22-9-21-12)18(25)19-16(20)11-4-2-3-5-13(11)27-19/h2-5,9,18H,6-8H2,1H3,(H,21,22)/t18-/m1/s1. The number of para-hydroxylation sites is 1. The number of aromatic amines is 1. The van der Waals surface area contributed by atoms with E-state index >= 15 is 4.39 Å². The van der Waals surface area contributed by atoms with Gasteiger partial charge in [0.05, 0.1) is 23.8 Å². The van der Waals surface area contributed by atoms with Crippen molar-refractivity contribution >= 4 is 28.2 Å². The van der Waals surface area contributed by atoms with Crippen LogP contribution in [-0.2, 0) is 17.6 Å². The minimum atomic E-state index is -0.719. The molecule has 0 saturated carbocycles. The molecule has 3 aromatic heterocycles. The third kappa shape index (κ3) is 2.70. The van der Waals surface area contributed by atoms with Crippen molar-refractivity contribution in [1.29, 1.82) is 0 Å². The Kier molecular flexibility index (Phi) is 3.97. The third-order valence-electron chi connectivity index (χ3n) is 4.92. The van der Waals surface area contributed by atoms with Crippen LogP contribution < -0.4 is 0 Å². The molecule has 0 unspecified atom stereocenters. The molecule has 0 bridgehead atoms. The molecule has 5 rings (SSSR count). The SMILES string of the molecule is Cc1nnc(CC(=O)N2CCc3[nH]cnc3[C@@H]2c2oc3ccccc3c2F)s1. The first-order valence-corrected chi connectivity index (χ1v) is 9.71. The Morgan fingerprint density at radius 3 is 3.04 bits per heavy atom. The van der Waals surface area contributed by atoms with Gasteiger partial charge in [-0.25, -0.2) is 9.37 Å². The Bertz CT molecular complexity index is 1180. The van der Waals surface area contributed by atoms with E-state index in [1.165, 1.54) is 11.3 Å². The van der Waals surface area contributed by atoms with Crippen LogP contribution in [0.4, 0.5) is 4.39 Å². The summed E-state index contributed by atoms with van der Waals surface area (Å²) < 4.78 is 21.0. The minimum Gasteiger partial charge on any atom is -0.455 e. The Morgan fingerprint density at radius 1 is 1.39 bits per heavy atom. The Hall–Kier alpha value is -3.07. The number of nitrogens with zero attached hydrogens (tertiary/aromatic N) is 4. The van der Waals surface area contributed by atoms with E-state index in [0.717, 1.165) is 10.7 Å². The smallest absolute Gasteiger partial charge is 0.230 e. The number of benzene rings is 1. The maximum Gasteiger partial charge on any atom is 0.230 e. The zero-order valence-electron chi connectivity index (χ0n) is 15.0. The van der Waals surface area contributed by atoms with E-state index in [1.54, 1.807) is 35.5 Å². The molecule has 1 aliphatic rings. The summed E-state index contributed by atoms with van der Waals surface area (Å²) in [5.74, 6) is -0.508. The maximum atomic E-state index is 15.2. The number of nitrogens with one attached hydrogen (secondary N) is 1. The first-order chi connectivity index (χ1) is 13.6. The summed E-state index contributed by atoms with van der Waals surface area (Å²) in [5, 5.41) is 9.84. The number of aromatic nitrogens is 4. The summed E-state index contributed by atoms with van der Waals surface area (Å²) in [6.07, 6.45) is 2.30. The molecule has 1 N–H and O–H groups in total. The number of carbonyl (C=O) groups is 1. The molecule has 4 heterocycles. The summed E-state index contributed by atoms with van der Waals surface area (Å²) in [6, 6.07) is 6.21. The van der Waals surface area contributed by atoms with Crippen LogP contribution in [0.3, 0.4) is 0 Å². The Balaban J connectivity index is 1.58. The molecule has 142 valence electrons. The number of H-pyrrole nitrogens is 1. The molecule has 9 heteroatoms. The van der Waals surface area contributed by atoms with Crippen molar-refractivity contribution < 1.29 is 13.6 Å². The quantitative estimate of drug-likeness (QED) is 0.574. The lowest BCUT2D eigenvalue weighted by atomic mass is 9.99. The van der Waals surface area contributed by atoms with Gasteiger partial charge in [-0.3, -0.25) is 4.79 Å².